The first-order valence-electron chi connectivity index (χ1n) is 13.6. The average Bonchev–Trinajstić information content (AvgIpc) is 3.70. The zero-order chi connectivity index (χ0) is 27.7. The normalized spacial score (nSPS) is 11.7. The molecule has 0 bridgehead atoms. The van der Waals surface area contributed by atoms with Gasteiger partial charge in [-0.25, -0.2) is 0 Å². The Kier molecular flexibility index (Phi) is 7.97. The molecule has 0 spiro atoms. The molecular formula is C36H32N4Pt. The van der Waals surface area contributed by atoms with Gasteiger partial charge < -0.3 is 0 Å². The summed E-state index contributed by atoms with van der Waals surface area (Å²) in [6.07, 6.45) is 4.05. The molecular weight excluding hydrogens is 684 g/mol. The molecule has 0 unspecified atom stereocenters. The van der Waals surface area contributed by atoms with E-state index in [1.165, 1.54) is 11.1 Å². The summed E-state index contributed by atoms with van der Waals surface area (Å²) >= 11 is 0. The molecule has 0 aliphatic rings. The van der Waals surface area contributed by atoms with Crippen LogP contribution < -0.4 is 0 Å². The zero-order valence-corrected chi connectivity index (χ0v) is 25.9. The Bertz CT molecular complexity index is 1620. The maximum absolute atomic E-state index is 5.03. The van der Waals surface area contributed by atoms with E-state index in [4.69, 9.17) is 10.2 Å². The molecule has 0 aliphatic heterocycles. The van der Waals surface area contributed by atoms with Gasteiger partial charge in [0.15, 0.2) is 0 Å². The molecule has 2 aromatic heterocycles. The SMILES string of the molecule is CC(C)(c1ccn(-c2[c-]ccc(-c3ccccc3)c2)n1)C(C)(C)c1ccn(-c2[c-]ccc(-c3ccccc3)c2)n1.[Pt+2]. The summed E-state index contributed by atoms with van der Waals surface area (Å²) in [7, 11) is 0. The summed E-state index contributed by atoms with van der Waals surface area (Å²) in [6.45, 7) is 8.96. The van der Waals surface area contributed by atoms with Crippen LogP contribution in [0, 0.1) is 12.1 Å². The number of aromatic nitrogens is 4. The van der Waals surface area contributed by atoms with E-state index in [1.54, 1.807) is 0 Å². The third kappa shape index (κ3) is 5.49. The van der Waals surface area contributed by atoms with Gasteiger partial charge in [0, 0.05) is 23.2 Å². The van der Waals surface area contributed by atoms with Crippen molar-refractivity contribution < 1.29 is 21.1 Å². The first-order valence-corrected chi connectivity index (χ1v) is 13.6. The van der Waals surface area contributed by atoms with Crippen LogP contribution in [0.15, 0.2) is 122 Å². The molecule has 0 fully saturated rings. The molecule has 0 saturated carbocycles. The Morgan fingerprint density at radius 3 is 1.29 bits per heavy atom. The topological polar surface area (TPSA) is 35.6 Å². The first-order chi connectivity index (χ1) is 19.3. The zero-order valence-electron chi connectivity index (χ0n) is 23.7. The molecule has 5 heteroatoms. The molecule has 6 rings (SSSR count). The van der Waals surface area contributed by atoms with Gasteiger partial charge in [-0.2, -0.15) is 46.6 Å². The Morgan fingerprint density at radius 2 is 0.902 bits per heavy atom. The van der Waals surface area contributed by atoms with E-state index in [1.807, 2.05) is 46.0 Å². The standard InChI is InChI=1S/C36H32N4.Pt/c1-35(2,33-21-23-39(37-33)31-19-11-17-29(25-31)27-13-7-5-8-14-27)36(3,4)34-22-24-40(38-34)32-20-12-18-30(26-32)28-15-9-6-10-16-28;/h5-18,21-26H,1-4H3;/q-2;+2. The van der Waals surface area contributed by atoms with Crippen LogP contribution in [0.25, 0.3) is 33.6 Å². The number of nitrogens with zero attached hydrogens (tertiary/aromatic N) is 4. The molecule has 0 radical (unpaired) electrons. The second-order valence-corrected chi connectivity index (χ2v) is 11.2. The molecule has 0 saturated heterocycles. The molecule has 0 aliphatic carbocycles. The predicted molar refractivity (Wildman–Crippen MR) is 162 cm³/mol. The fourth-order valence-corrected chi connectivity index (χ4v) is 5.02. The van der Waals surface area contributed by atoms with Gasteiger partial charge in [0.1, 0.15) is 0 Å². The summed E-state index contributed by atoms with van der Waals surface area (Å²) in [5, 5.41) is 10.1. The Morgan fingerprint density at radius 1 is 0.512 bits per heavy atom. The number of rotatable bonds is 7. The molecule has 206 valence electrons. The minimum absolute atomic E-state index is 0. The summed E-state index contributed by atoms with van der Waals surface area (Å²) < 4.78 is 3.84. The van der Waals surface area contributed by atoms with E-state index in [2.05, 4.69) is 125 Å². The smallest absolute Gasteiger partial charge is 0.265 e. The van der Waals surface area contributed by atoms with Crippen molar-refractivity contribution >= 4 is 0 Å². The monoisotopic (exact) mass is 715 g/mol. The van der Waals surface area contributed by atoms with Crippen molar-refractivity contribution in [2.75, 3.05) is 0 Å². The summed E-state index contributed by atoms with van der Waals surface area (Å²) in [4.78, 5) is 0. The van der Waals surface area contributed by atoms with Crippen LogP contribution >= 0.6 is 0 Å². The van der Waals surface area contributed by atoms with Crippen LogP contribution in [0.5, 0.6) is 0 Å². The molecule has 4 aromatic carbocycles. The summed E-state index contributed by atoms with van der Waals surface area (Å²) in [5.41, 5.74) is 7.87. The predicted octanol–water partition coefficient (Wildman–Crippen LogP) is 8.25. The van der Waals surface area contributed by atoms with E-state index in [-0.39, 0.29) is 31.9 Å². The van der Waals surface area contributed by atoms with Crippen molar-refractivity contribution in [3.8, 4) is 33.6 Å². The van der Waals surface area contributed by atoms with Crippen LogP contribution in [0.3, 0.4) is 0 Å². The van der Waals surface area contributed by atoms with Crippen molar-refractivity contribution in [1.82, 2.24) is 19.6 Å². The molecule has 4 nitrogen and oxygen atoms in total. The third-order valence-corrected chi connectivity index (χ3v) is 8.30. The Hall–Kier alpha value is -4.01. The molecule has 0 N–H and O–H groups in total. The van der Waals surface area contributed by atoms with Gasteiger partial charge in [-0.05, 0) is 34.6 Å². The van der Waals surface area contributed by atoms with Gasteiger partial charge in [-0.1, -0.05) is 88.4 Å². The van der Waals surface area contributed by atoms with Crippen molar-refractivity contribution in [3.05, 3.63) is 145 Å². The Labute approximate surface area is 257 Å². The summed E-state index contributed by atoms with van der Waals surface area (Å²) in [6, 6.07) is 44.0. The van der Waals surface area contributed by atoms with E-state index in [0.29, 0.717) is 0 Å². The van der Waals surface area contributed by atoms with E-state index in [9.17, 15) is 0 Å². The molecule has 2 heterocycles. The molecule has 0 atom stereocenters. The van der Waals surface area contributed by atoms with Crippen LogP contribution in [0.2, 0.25) is 0 Å². The van der Waals surface area contributed by atoms with Crippen LogP contribution in [-0.4, -0.2) is 19.6 Å². The van der Waals surface area contributed by atoms with Crippen molar-refractivity contribution in [1.29, 1.82) is 0 Å². The average molecular weight is 716 g/mol. The van der Waals surface area contributed by atoms with Gasteiger partial charge in [-0.3, -0.25) is 9.36 Å². The van der Waals surface area contributed by atoms with Crippen molar-refractivity contribution in [2.45, 2.75) is 38.5 Å². The van der Waals surface area contributed by atoms with E-state index < -0.39 is 0 Å². The van der Waals surface area contributed by atoms with E-state index in [0.717, 1.165) is 33.9 Å². The maximum atomic E-state index is 5.03. The van der Waals surface area contributed by atoms with Gasteiger partial charge in [-0.15, -0.1) is 23.3 Å². The minimum Gasteiger partial charge on any atom is -0.265 e. The van der Waals surface area contributed by atoms with Crippen LogP contribution in [0.1, 0.15) is 39.1 Å². The van der Waals surface area contributed by atoms with Gasteiger partial charge in [0.05, 0.1) is 11.4 Å². The van der Waals surface area contributed by atoms with Gasteiger partial charge in [0.25, 0.3) is 0 Å². The number of hydrogen-bond donors (Lipinski definition) is 0. The fraction of sp³-hybridized carbons (Fsp3) is 0.167. The van der Waals surface area contributed by atoms with Gasteiger partial charge in [0.2, 0.25) is 0 Å². The largest absolute Gasteiger partial charge is 2.00 e. The maximum Gasteiger partial charge on any atom is 2.00 e. The first kappa shape index (κ1) is 28.5. The van der Waals surface area contributed by atoms with E-state index >= 15 is 0 Å². The number of benzene rings is 4. The second kappa shape index (κ2) is 11.5. The van der Waals surface area contributed by atoms with Crippen LogP contribution in [-0.2, 0) is 31.9 Å². The minimum atomic E-state index is -0.302. The fourth-order valence-electron chi connectivity index (χ4n) is 5.02. The van der Waals surface area contributed by atoms with Crippen molar-refractivity contribution in [3.63, 3.8) is 0 Å². The Balaban J connectivity index is 0.00000337. The quantitative estimate of drug-likeness (QED) is 0.156. The molecule has 6 aromatic rings. The second-order valence-electron chi connectivity index (χ2n) is 11.2. The number of hydrogen-bond acceptors (Lipinski definition) is 2. The van der Waals surface area contributed by atoms with Gasteiger partial charge >= 0.3 is 21.1 Å². The van der Waals surface area contributed by atoms with Crippen molar-refractivity contribution in [2.24, 2.45) is 0 Å². The van der Waals surface area contributed by atoms with Crippen LogP contribution in [0.4, 0.5) is 0 Å². The molecule has 0 amide bonds. The summed E-state index contributed by atoms with van der Waals surface area (Å²) in [5.74, 6) is 0. The third-order valence-electron chi connectivity index (χ3n) is 8.30. The molecule has 41 heavy (non-hydrogen) atoms.